The molecule has 0 N–H and O–H groups in total. The predicted octanol–water partition coefficient (Wildman–Crippen LogP) is 4.18. The van der Waals surface area contributed by atoms with Crippen molar-refractivity contribution in [1.82, 2.24) is 4.90 Å². The van der Waals surface area contributed by atoms with Crippen molar-refractivity contribution in [3.63, 3.8) is 0 Å². The Hall–Kier alpha value is -3.93. The first-order valence-corrected chi connectivity index (χ1v) is 10.4. The number of carbonyl (C=O) groups excluding carboxylic acids is 2. The van der Waals surface area contributed by atoms with Gasteiger partial charge in [0.2, 0.25) is 0 Å². The first kappa shape index (κ1) is 20.0. The second-order valence-electron chi connectivity index (χ2n) is 7.81. The van der Waals surface area contributed by atoms with Gasteiger partial charge < -0.3 is 9.64 Å². The molecule has 0 unspecified atom stereocenters. The number of hydrogen-bond donors (Lipinski definition) is 0. The molecule has 0 radical (unpaired) electrons. The third-order valence-electron chi connectivity index (χ3n) is 5.93. The van der Waals surface area contributed by atoms with Gasteiger partial charge in [-0.25, -0.2) is 4.39 Å². The number of carbonyl (C=O) groups is 2. The molecule has 2 aliphatic heterocycles. The Kier molecular flexibility index (Phi) is 4.98. The van der Waals surface area contributed by atoms with E-state index in [1.54, 1.807) is 31.4 Å². The predicted molar refractivity (Wildman–Crippen MR) is 119 cm³/mol. The third-order valence-corrected chi connectivity index (χ3v) is 5.93. The molecule has 5 rings (SSSR count). The van der Waals surface area contributed by atoms with E-state index in [2.05, 4.69) is 0 Å². The number of halogens is 1. The average molecular weight is 428 g/mol. The molecule has 0 spiro atoms. The maximum Gasteiger partial charge on any atom is 0.278 e. The van der Waals surface area contributed by atoms with Crippen LogP contribution in [0.15, 0.2) is 78.5 Å². The van der Waals surface area contributed by atoms with E-state index in [4.69, 9.17) is 4.74 Å². The lowest BCUT2D eigenvalue weighted by molar-refractivity contribution is -0.137. The van der Waals surface area contributed by atoms with Gasteiger partial charge >= 0.3 is 0 Å². The third kappa shape index (κ3) is 3.34. The highest BCUT2D eigenvalue weighted by Gasteiger charge is 2.43. The Morgan fingerprint density at radius 1 is 0.906 bits per heavy atom. The Morgan fingerprint density at radius 2 is 1.62 bits per heavy atom. The molecule has 2 aliphatic rings. The first-order chi connectivity index (χ1) is 15.6. The fourth-order valence-electron chi connectivity index (χ4n) is 4.32. The largest absolute Gasteiger partial charge is 0.497 e. The van der Waals surface area contributed by atoms with Crippen LogP contribution >= 0.6 is 0 Å². The molecule has 0 bridgehead atoms. The van der Waals surface area contributed by atoms with Crippen molar-refractivity contribution in [3.8, 4) is 5.75 Å². The zero-order valence-corrected chi connectivity index (χ0v) is 17.5. The Bertz CT molecular complexity index is 1230. The molecule has 0 aliphatic carbocycles. The quantitative estimate of drug-likeness (QED) is 0.572. The van der Waals surface area contributed by atoms with Crippen molar-refractivity contribution in [2.75, 3.05) is 18.6 Å². The van der Waals surface area contributed by atoms with E-state index in [9.17, 15) is 14.0 Å². The lowest BCUT2D eigenvalue weighted by atomic mass is 10.0. The number of benzene rings is 3. The minimum absolute atomic E-state index is 0.144. The topological polar surface area (TPSA) is 49.9 Å². The highest BCUT2D eigenvalue weighted by Crippen LogP contribution is 2.39. The maximum atomic E-state index is 13.6. The molecule has 2 heterocycles. The summed E-state index contributed by atoms with van der Waals surface area (Å²) in [7, 11) is 1.58. The smallest absolute Gasteiger partial charge is 0.278 e. The van der Waals surface area contributed by atoms with E-state index < -0.39 is 5.82 Å². The second-order valence-corrected chi connectivity index (χ2v) is 7.81. The van der Waals surface area contributed by atoms with Crippen molar-refractivity contribution in [3.05, 3.63) is 101 Å². The molecule has 0 fully saturated rings. The summed E-state index contributed by atoms with van der Waals surface area (Å²) in [4.78, 5) is 30.3. The zero-order chi connectivity index (χ0) is 22.2. The van der Waals surface area contributed by atoms with Crippen molar-refractivity contribution in [2.45, 2.75) is 13.0 Å². The van der Waals surface area contributed by atoms with Gasteiger partial charge in [-0.3, -0.25) is 14.5 Å². The van der Waals surface area contributed by atoms with Crippen LogP contribution < -0.4 is 9.64 Å². The summed E-state index contributed by atoms with van der Waals surface area (Å²) in [5.74, 6) is -0.416. The summed E-state index contributed by atoms with van der Waals surface area (Å²) in [5.41, 5.74) is 4.05. The second kappa shape index (κ2) is 7.96. The summed E-state index contributed by atoms with van der Waals surface area (Å²) < 4.78 is 18.8. The lowest BCUT2D eigenvalue weighted by Crippen LogP contribution is -2.34. The van der Waals surface area contributed by atoms with Gasteiger partial charge in [0, 0.05) is 12.2 Å². The fourth-order valence-corrected chi connectivity index (χ4v) is 4.32. The maximum absolute atomic E-state index is 13.6. The normalized spacial score (nSPS) is 15.6. The van der Waals surface area contributed by atoms with Crippen LogP contribution in [-0.4, -0.2) is 30.4 Å². The van der Waals surface area contributed by atoms with E-state index in [1.807, 2.05) is 41.3 Å². The molecular weight excluding hydrogens is 407 g/mol. The van der Waals surface area contributed by atoms with Crippen molar-refractivity contribution >= 4 is 23.1 Å². The van der Waals surface area contributed by atoms with Crippen molar-refractivity contribution in [2.24, 2.45) is 0 Å². The first-order valence-electron chi connectivity index (χ1n) is 10.4. The Labute approximate surface area is 185 Å². The van der Waals surface area contributed by atoms with Gasteiger partial charge in [0.1, 0.15) is 17.3 Å². The van der Waals surface area contributed by atoms with Crippen LogP contribution in [0.2, 0.25) is 0 Å². The minimum atomic E-state index is -0.394. The molecule has 2 amide bonds. The van der Waals surface area contributed by atoms with Crippen molar-refractivity contribution < 1.29 is 18.7 Å². The summed E-state index contributed by atoms with van der Waals surface area (Å²) in [6, 6.07) is 20.9. The van der Waals surface area contributed by atoms with Crippen LogP contribution in [0.3, 0.4) is 0 Å². The van der Waals surface area contributed by atoms with Gasteiger partial charge in [0.05, 0.1) is 19.2 Å². The highest BCUT2D eigenvalue weighted by molar-refractivity contribution is 6.36. The molecule has 6 heteroatoms. The Morgan fingerprint density at radius 3 is 2.34 bits per heavy atom. The molecule has 0 saturated heterocycles. The summed E-state index contributed by atoms with van der Waals surface area (Å²) >= 11 is 0. The Balaban J connectivity index is 1.57. The number of fused-ring (bicyclic) bond motifs is 1. The van der Waals surface area contributed by atoms with Crippen LogP contribution in [0.1, 0.15) is 16.7 Å². The molecule has 160 valence electrons. The highest BCUT2D eigenvalue weighted by atomic mass is 19.1. The van der Waals surface area contributed by atoms with Gasteiger partial charge in [-0.15, -0.1) is 0 Å². The molecule has 0 atom stereocenters. The number of hydrogen-bond acceptors (Lipinski definition) is 4. The SMILES string of the molecule is COc1ccc(CN2C(=O)C(c3ccc(F)cc3)=C(N3CCc4ccccc43)C2=O)cc1. The minimum Gasteiger partial charge on any atom is -0.497 e. The van der Waals surface area contributed by atoms with Gasteiger partial charge in [0.25, 0.3) is 11.8 Å². The van der Waals surface area contributed by atoms with Crippen LogP contribution in [0.25, 0.3) is 5.57 Å². The van der Waals surface area contributed by atoms with E-state index >= 15 is 0 Å². The van der Waals surface area contributed by atoms with E-state index in [0.29, 0.717) is 29.1 Å². The number of rotatable bonds is 5. The molecule has 5 nitrogen and oxygen atoms in total. The lowest BCUT2D eigenvalue weighted by Gasteiger charge is -2.22. The number of anilines is 1. The summed E-state index contributed by atoms with van der Waals surface area (Å²) in [6.45, 7) is 0.750. The number of amides is 2. The monoisotopic (exact) mass is 428 g/mol. The number of para-hydroxylation sites is 1. The number of nitrogens with zero attached hydrogens (tertiary/aromatic N) is 2. The van der Waals surface area contributed by atoms with E-state index in [-0.39, 0.29) is 18.4 Å². The van der Waals surface area contributed by atoms with E-state index in [1.165, 1.54) is 17.0 Å². The molecular formula is C26H21FN2O3. The zero-order valence-electron chi connectivity index (χ0n) is 17.5. The van der Waals surface area contributed by atoms with Crippen LogP contribution in [-0.2, 0) is 22.6 Å². The molecule has 32 heavy (non-hydrogen) atoms. The number of ether oxygens (including phenoxy) is 1. The molecule has 3 aromatic rings. The summed E-state index contributed by atoms with van der Waals surface area (Å²) in [6.07, 6.45) is 0.788. The number of methoxy groups -OCH3 is 1. The van der Waals surface area contributed by atoms with Crippen LogP contribution in [0.5, 0.6) is 5.75 Å². The fraction of sp³-hybridized carbons (Fsp3) is 0.154. The molecule has 0 saturated carbocycles. The van der Waals surface area contributed by atoms with Gasteiger partial charge in [-0.05, 0) is 53.4 Å². The van der Waals surface area contributed by atoms with Crippen molar-refractivity contribution in [1.29, 1.82) is 0 Å². The van der Waals surface area contributed by atoms with Crippen LogP contribution in [0, 0.1) is 5.82 Å². The number of imide groups is 1. The average Bonchev–Trinajstić information content (AvgIpc) is 3.34. The summed E-state index contributed by atoms with van der Waals surface area (Å²) in [5, 5.41) is 0. The van der Waals surface area contributed by atoms with E-state index in [0.717, 1.165) is 23.2 Å². The van der Waals surface area contributed by atoms with Gasteiger partial charge in [-0.2, -0.15) is 0 Å². The van der Waals surface area contributed by atoms with Gasteiger partial charge in [0.15, 0.2) is 0 Å². The standard InChI is InChI=1S/C26H21FN2O3/c1-32-21-12-6-17(7-13-21)16-29-25(30)23(19-8-10-20(27)11-9-19)24(26(29)31)28-15-14-18-4-2-3-5-22(18)28/h2-13H,14-16H2,1H3. The van der Waals surface area contributed by atoms with Crippen LogP contribution in [0.4, 0.5) is 10.1 Å². The van der Waals surface area contributed by atoms with Gasteiger partial charge in [-0.1, -0.05) is 42.5 Å². The molecule has 0 aromatic heterocycles. The molecule has 3 aromatic carbocycles.